The number of hydrogen-bond donors (Lipinski definition) is 1. The molecule has 1 saturated heterocycles. The van der Waals surface area contributed by atoms with E-state index in [-0.39, 0.29) is 23.8 Å². The highest BCUT2D eigenvalue weighted by Crippen LogP contribution is 2.45. The number of rotatable bonds is 5. The van der Waals surface area contributed by atoms with Crippen molar-refractivity contribution in [1.82, 2.24) is 0 Å². The standard InChI is InChI=1S/C15H25NO3/c1-3-11(9-17)15(2)12(14(18)19-15)13(16)10-7-5-4-6-8-10/h9-13H,3-8,16H2,1-2H3/t11?,12?,13-,15-/m0/s1. The molecule has 0 amide bonds. The second kappa shape index (κ2) is 5.61. The summed E-state index contributed by atoms with van der Waals surface area (Å²) in [6.45, 7) is 3.81. The van der Waals surface area contributed by atoms with Gasteiger partial charge in [-0.15, -0.1) is 0 Å². The first-order valence-electron chi connectivity index (χ1n) is 7.48. The van der Waals surface area contributed by atoms with Gasteiger partial charge in [-0.25, -0.2) is 0 Å². The smallest absolute Gasteiger partial charge is 0.315 e. The Labute approximate surface area is 115 Å². The largest absolute Gasteiger partial charge is 0.457 e. The fourth-order valence-corrected chi connectivity index (χ4v) is 3.79. The summed E-state index contributed by atoms with van der Waals surface area (Å²) in [6.07, 6.45) is 7.44. The van der Waals surface area contributed by atoms with Crippen LogP contribution in [0.15, 0.2) is 0 Å². The van der Waals surface area contributed by atoms with Gasteiger partial charge in [0.25, 0.3) is 0 Å². The van der Waals surface area contributed by atoms with Crippen molar-refractivity contribution >= 4 is 12.3 Å². The Morgan fingerprint density at radius 2 is 2.05 bits per heavy atom. The number of nitrogens with two attached hydrogens (primary N) is 1. The van der Waals surface area contributed by atoms with Crippen LogP contribution in [0.4, 0.5) is 0 Å². The highest BCUT2D eigenvalue weighted by molar-refractivity contribution is 5.83. The maximum absolute atomic E-state index is 11.8. The number of hydrogen-bond acceptors (Lipinski definition) is 4. The number of aldehydes is 1. The average Bonchev–Trinajstić information content (AvgIpc) is 2.40. The fourth-order valence-electron chi connectivity index (χ4n) is 3.79. The lowest BCUT2D eigenvalue weighted by Gasteiger charge is -2.51. The molecule has 0 radical (unpaired) electrons. The lowest BCUT2D eigenvalue weighted by atomic mass is 9.66. The van der Waals surface area contributed by atoms with E-state index >= 15 is 0 Å². The van der Waals surface area contributed by atoms with Crippen molar-refractivity contribution in [2.45, 2.75) is 64.0 Å². The summed E-state index contributed by atoms with van der Waals surface area (Å²) < 4.78 is 5.34. The van der Waals surface area contributed by atoms with E-state index in [1.54, 1.807) is 0 Å². The number of ether oxygens (including phenoxy) is 1. The molecular formula is C15H25NO3. The third-order valence-corrected chi connectivity index (χ3v) is 5.11. The molecule has 4 nitrogen and oxygen atoms in total. The second-order valence-corrected chi connectivity index (χ2v) is 6.21. The van der Waals surface area contributed by atoms with Gasteiger partial charge in [0.2, 0.25) is 0 Å². The van der Waals surface area contributed by atoms with Gasteiger partial charge < -0.3 is 15.3 Å². The Balaban J connectivity index is 2.11. The van der Waals surface area contributed by atoms with E-state index in [1.807, 2.05) is 13.8 Å². The summed E-state index contributed by atoms with van der Waals surface area (Å²) in [5, 5.41) is 0. The molecule has 4 atom stereocenters. The van der Waals surface area contributed by atoms with Gasteiger partial charge >= 0.3 is 5.97 Å². The molecule has 2 unspecified atom stereocenters. The Hall–Kier alpha value is -0.900. The molecule has 2 aliphatic rings. The van der Waals surface area contributed by atoms with Crippen molar-refractivity contribution in [1.29, 1.82) is 0 Å². The third-order valence-electron chi connectivity index (χ3n) is 5.11. The summed E-state index contributed by atoms with van der Waals surface area (Å²) in [5.74, 6) is -0.383. The van der Waals surface area contributed by atoms with Gasteiger partial charge in [-0.05, 0) is 32.1 Å². The van der Waals surface area contributed by atoms with Crippen LogP contribution in [-0.4, -0.2) is 23.9 Å². The minimum Gasteiger partial charge on any atom is -0.457 e. The van der Waals surface area contributed by atoms with Crippen molar-refractivity contribution in [2.75, 3.05) is 0 Å². The van der Waals surface area contributed by atoms with Crippen LogP contribution in [0.3, 0.4) is 0 Å². The molecule has 1 aliphatic carbocycles. The lowest BCUT2D eigenvalue weighted by molar-refractivity contribution is -0.224. The first-order valence-corrected chi connectivity index (χ1v) is 7.48. The number of carbonyl (C=O) groups excluding carboxylic acids is 2. The van der Waals surface area contributed by atoms with E-state index in [4.69, 9.17) is 10.5 Å². The molecule has 0 aromatic heterocycles. The molecule has 1 saturated carbocycles. The van der Waals surface area contributed by atoms with E-state index in [0.717, 1.165) is 19.1 Å². The Bertz CT molecular complexity index is 351. The van der Waals surface area contributed by atoms with Gasteiger partial charge in [-0.2, -0.15) is 0 Å². The topological polar surface area (TPSA) is 69.4 Å². The molecule has 1 heterocycles. The van der Waals surface area contributed by atoms with Crippen LogP contribution in [0, 0.1) is 17.8 Å². The van der Waals surface area contributed by atoms with Gasteiger partial charge in [0.05, 0.1) is 5.92 Å². The molecule has 0 aromatic rings. The van der Waals surface area contributed by atoms with E-state index in [1.165, 1.54) is 19.3 Å². The molecule has 2 rings (SSSR count). The van der Waals surface area contributed by atoms with Gasteiger partial charge in [0, 0.05) is 6.04 Å². The number of esters is 1. The highest BCUT2D eigenvalue weighted by Gasteiger charge is 2.60. The predicted molar refractivity (Wildman–Crippen MR) is 72.4 cm³/mol. The van der Waals surface area contributed by atoms with E-state index in [9.17, 15) is 9.59 Å². The zero-order valence-electron chi connectivity index (χ0n) is 11.9. The molecule has 2 fully saturated rings. The monoisotopic (exact) mass is 267 g/mol. The van der Waals surface area contributed by atoms with Crippen molar-refractivity contribution < 1.29 is 14.3 Å². The molecule has 0 bridgehead atoms. The maximum Gasteiger partial charge on any atom is 0.315 e. The summed E-state index contributed by atoms with van der Waals surface area (Å²) in [5.41, 5.74) is 5.66. The quantitative estimate of drug-likeness (QED) is 0.611. The summed E-state index contributed by atoms with van der Waals surface area (Å²) in [4.78, 5) is 23.0. The van der Waals surface area contributed by atoms with Crippen molar-refractivity contribution in [3.63, 3.8) is 0 Å². The van der Waals surface area contributed by atoms with Gasteiger partial charge in [-0.3, -0.25) is 4.79 Å². The van der Waals surface area contributed by atoms with Crippen LogP contribution in [0.2, 0.25) is 0 Å². The van der Waals surface area contributed by atoms with Crippen LogP contribution in [0.5, 0.6) is 0 Å². The molecule has 0 spiro atoms. The summed E-state index contributed by atoms with van der Waals surface area (Å²) in [7, 11) is 0. The summed E-state index contributed by atoms with van der Waals surface area (Å²) in [6, 6.07) is -0.166. The van der Waals surface area contributed by atoms with Gasteiger partial charge in [0.15, 0.2) is 0 Å². The molecule has 2 N–H and O–H groups in total. The predicted octanol–water partition coefficient (Wildman–Crippen LogP) is 2.05. The molecule has 1 aliphatic heterocycles. The highest BCUT2D eigenvalue weighted by atomic mass is 16.6. The number of carbonyl (C=O) groups is 2. The van der Waals surface area contributed by atoms with Crippen LogP contribution in [0.25, 0.3) is 0 Å². The molecular weight excluding hydrogens is 242 g/mol. The van der Waals surface area contributed by atoms with Crippen molar-refractivity contribution in [3.8, 4) is 0 Å². The first kappa shape index (κ1) is 14.5. The summed E-state index contributed by atoms with van der Waals surface area (Å²) >= 11 is 0. The van der Waals surface area contributed by atoms with Crippen LogP contribution in [-0.2, 0) is 14.3 Å². The molecule has 4 heteroatoms. The minimum atomic E-state index is -0.690. The molecule has 19 heavy (non-hydrogen) atoms. The van der Waals surface area contributed by atoms with Crippen LogP contribution < -0.4 is 5.73 Å². The Morgan fingerprint density at radius 1 is 1.42 bits per heavy atom. The minimum absolute atomic E-state index is 0.166. The normalized spacial score (nSPS) is 35.1. The van der Waals surface area contributed by atoms with Crippen LogP contribution in [0.1, 0.15) is 52.4 Å². The zero-order chi connectivity index (χ0) is 14.0. The van der Waals surface area contributed by atoms with Crippen molar-refractivity contribution in [2.24, 2.45) is 23.5 Å². The third kappa shape index (κ3) is 2.42. The number of cyclic esters (lactones) is 1. The van der Waals surface area contributed by atoms with E-state index < -0.39 is 5.60 Å². The van der Waals surface area contributed by atoms with Crippen LogP contribution >= 0.6 is 0 Å². The lowest BCUT2D eigenvalue weighted by Crippen LogP contribution is -2.67. The first-order chi connectivity index (χ1) is 9.04. The van der Waals surface area contributed by atoms with Gasteiger partial charge in [0.1, 0.15) is 17.8 Å². The Kier molecular flexibility index (Phi) is 4.29. The zero-order valence-corrected chi connectivity index (χ0v) is 11.9. The van der Waals surface area contributed by atoms with Gasteiger partial charge in [-0.1, -0.05) is 26.2 Å². The van der Waals surface area contributed by atoms with E-state index in [2.05, 4.69) is 0 Å². The maximum atomic E-state index is 11.8. The molecule has 108 valence electrons. The fraction of sp³-hybridized carbons (Fsp3) is 0.867. The second-order valence-electron chi connectivity index (χ2n) is 6.21. The van der Waals surface area contributed by atoms with Crippen molar-refractivity contribution in [3.05, 3.63) is 0 Å². The molecule has 0 aromatic carbocycles. The Morgan fingerprint density at radius 3 is 2.53 bits per heavy atom. The van der Waals surface area contributed by atoms with E-state index in [0.29, 0.717) is 12.3 Å². The SMILES string of the molecule is CCC(C=O)[C@]1(C)OC(=O)C1[C@@H](N)C1CCCCC1. The average molecular weight is 267 g/mol.